The molecule has 0 unspecified atom stereocenters. The number of rotatable bonds is 6. The number of carbonyl (C=O) groups is 3. The third-order valence-corrected chi connectivity index (χ3v) is 4.70. The second-order valence-corrected chi connectivity index (χ2v) is 6.91. The van der Waals surface area contributed by atoms with Gasteiger partial charge in [-0.15, -0.1) is 0 Å². The Kier molecular flexibility index (Phi) is 6.94. The van der Waals surface area contributed by atoms with Gasteiger partial charge in [-0.2, -0.15) is 0 Å². The number of esters is 1. The second-order valence-electron chi connectivity index (χ2n) is 4.75. The molecule has 0 radical (unpaired) electrons. The number of benzene rings is 2. The summed E-state index contributed by atoms with van der Waals surface area (Å²) in [7, 11) is 0. The molecular formula is C19H13FO4S2. The first kappa shape index (κ1) is 19.7. The summed E-state index contributed by atoms with van der Waals surface area (Å²) in [6, 6.07) is 10.00. The third-order valence-electron chi connectivity index (χ3n) is 2.96. The van der Waals surface area contributed by atoms with Crippen LogP contribution in [-0.4, -0.2) is 16.2 Å². The summed E-state index contributed by atoms with van der Waals surface area (Å²) < 4.78 is 19.2. The summed E-state index contributed by atoms with van der Waals surface area (Å²) in [5, 5.41) is -0.530. The van der Waals surface area contributed by atoms with Crippen LogP contribution in [-0.2, 0) is 9.59 Å². The lowest BCUT2D eigenvalue weighted by molar-refractivity contribution is -0.107. The van der Waals surface area contributed by atoms with E-state index in [1.165, 1.54) is 30.3 Å². The lowest BCUT2D eigenvalue weighted by Crippen LogP contribution is -2.10. The molecule has 0 aliphatic carbocycles. The van der Waals surface area contributed by atoms with Gasteiger partial charge in [-0.25, -0.2) is 9.18 Å². The van der Waals surface area contributed by atoms with Crippen LogP contribution in [0.5, 0.6) is 5.75 Å². The van der Waals surface area contributed by atoms with E-state index in [0.29, 0.717) is 9.79 Å². The van der Waals surface area contributed by atoms with E-state index in [1.807, 2.05) is 0 Å². The Balaban J connectivity index is 2.07. The van der Waals surface area contributed by atoms with Gasteiger partial charge in [0.05, 0.1) is 5.56 Å². The summed E-state index contributed by atoms with van der Waals surface area (Å²) in [4.78, 5) is 35.7. The molecule has 132 valence electrons. The van der Waals surface area contributed by atoms with Crippen molar-refractivity contribution < 1.29 is 23.5 Å². The Bertz CT molecular complexity index is 876. The van der Waals surface area contributed by atoms with Crippen LogP contribution in [0.25, 0.3) is 0 Å². The second kappa shape index (κ2) is 9.17. The van der Waals surface area contributed by atoms with Gasteiger partial charge in [0, 0.05) is 9.79 Å². The fourth-order valence-corrected chi connectivity index (χ4v) is 2.98. The van der Waals surface area contributed by atoms with Gasteiger partial charge >= 0.3 is 5.97 Å². The van der Waals surface area contributed by atoms with Crippen molar-refractivity contribution in [3.63, 3.8) is 0 Å². The Morgan fingerprint density at radius 3 is 1.96 bits per heavy atom. The zero-order chi connectivity index (χ0) is 19.1. The average molecular weight is 388 g/mol. The van der Waals surface area contributed by atoms with Crippen LogP contribution in [0.1, 0.15) is 10.4 Å². The fraction of sp³-hybridized carbons (Fsp3) is 0. The van der Waals surface area contributed by atoms with Gasteiger partial charge in [0.1, 0.15) is 11.6 Å². The van der Waals surface area contributed by atoms with Gasteiger partial charge in [0.25, 0.3) is 0 Å². The van der Waals surface area contributed by atoms with E-state index < -0.39 is 11.8 Å². The molecule has 0 spiro atoms. The SMILES string of the molecule is C=CC(=O)Sc1ccc(OC(=O)c2ccc(SC(=O)C=C)cc2F)cc1. The molecule has 0 saturated carbocycles. The molecule has 4 nitrogen and oxygen atoms in total. The number of hydrogen-bond donors (Lipinski definition) is 0. The molecule has 0 aliphatic rings. The molecule has 2 aromatic carbocycles. The predicted molar refractivity (Wildman–Crippen MR) is 99.9 cm³/mol. The highest BCUT2D eigenvalue weighted by atomic mass is 32.2. The molecule has 2 rings (SSSR count). The van der Waals surface area contributed by atoms with Crippen LogP contribution >= 0.6 is 23.5 Å². The minimum atomic E-state index is -0.864. The summed E-state index contributed by atoms with van der Waals surface area (Å²) >= 11 is 1.79. The molecule has 0 heterocycles. The minimum absolute atomic E-state index is 0.204. The molecule has 0 amide bonds. The summed E-state index contributed by atoms with van der Waals surface area (Å²) in [5.74, 6) is -1.44. The highest BCUT2D eigenvalue weighted by molar-refractivity contribution is 8.14. The average Bonchev–Trinajstić information content (AvgIpc) is 2.63. The number of hydrogen-bond acceptors (Lipinski definition) is 6. The van der Waals surface area contributed by atoms with Gasteiger partial charge in [-0.05, 0) is 78.1 Å². The van der Waals surface area contributed by atoms with Crippen molar-refractivity contribution in [1.82, 2.24) is 0 Å². The molecule has 0 bridgehead atoms. The number of thioether (sulfide) groups is 2. The molecule has 0 atom stereocenters. The highest BCUT2D eigenvalue weighted by Crippen LogP contribution is 2.25. The Hall–Kier alpha value is -2.64. The zero-order valence-electron chi connectivity index (χ0n) is 13.4. The van der Waals surface area contributed by atoms with Crippen LogP contribution < -0.4 is 4.74 Å². The number of halogens is 1. The summed E-state index contributed by atoms with van der Waals surface area (Å²) in [6.45, 7) is 6.72. The maximum atomic E-state index is 14.1. The quantitative estimate of drug-likeness (QED) is 0.311. The van der Waals surface area contributed by atoms with Gasteiger partial charge < -0.3 is 4.74 Å². The molecule has 7 heteroatoms. The van der Waals surface area contributed by atoms with Crippen molar-refractivity contribution in [2.75, 3.05) is 0 Å². The smallest absolute Gasteiger partial charge is 0.346 e. The maximum Gasteiger partial charge on any atom is 0.346 e. The normalized spacial score (nSPS) is 10.0. The molecule has 0 N–H and O–H groups in total. The van der Waals surface area contributed by atoms with E-state index in [9.17, 15) is 18.8 Å². The first-order valence-electron chi connectivity index (χ1n) is 7.23. The van der Waals surface area contributed by atoms with Crippen LogP contribution in [0.2, 0.25) is 0 Å². The van der Waals surface area contributed by atoms with E-state index in [2.05, 4.69) is 13.2 Å². The van der Waals surface area contributed by atoms with E-state index in [4.69, 9.17) is 4.74 Å². The van der Waals surface area contributed by atoms with Crippen molar-refractivity contribution >= 4 is 39.7 Å². The first-order valence-corrected chi connectivity index (χ1v) is 8.86. The minimum Gasteiger partial charge on any atom is -0.423 e. The molecule has 26 heavy (non-hydrogen) atoms. The third kappa shape index (κ3) is 5.44. The van der Waals surface area contributed by atoms with Crippen LogP contribution in [0.15, 0.2) is 77.6 Å². The zero-order valence-corrected chi connectivity index (χ0v) is 15.1. The van der Waals surface area contributed by atoms with Gasteiger partial charge in [-0.3, -0.25) is 9.59 Å². The van der Waals surface area contributed by atoms with Crippen molar-refractivity contribution in [2.45, 2.75) is 9.79 Å². The summed E-state index contributed by atoms with van der Waals surface area (Å²) in [6.07, 6.45) is 2.32. The molecule has 0 saturated heterocycles. The Morgan fingerprint density at radius 1 is 0.885 bits per heavy atom. The largest absolute Gasteiger partial charge is 0.423 e. The van der Waals surface area contributed by atoms with Crippen LogP contribution in [0, 0.1) is 5.82 Å². The Labute approximate surface area is 158 Å². The van der Waals surface area contributed by atoms with Gasteiger partial charge in [0.2, 0.25) is 10.2 Å². The Morgan fingerprint density at radius 2 is 1.42 bits per heavy atom. The predicted octanol–water partition coefficient (Wildman–Crippen LogP) is 4.65. The molecule has 0 aliphatic heterocycles. The maximum absolute atomic E-state index is 14.1. The van der Waals surface area contributed by atoms with Crippen molar-refractivity contribution in [3.8, 4) is 5.75 Å². The standard InChI is InChI=1S/C19H13FO4S2/c1-3-17(21)25-13-7-5-12(6-8-13)24-19(23)15-10-9-14(11-16(15)20)26-18(22)4-2/h3-11H,1-2H2. The fourth-order valence-electron chi connectivity index (χ4n) is 1.78. The van der Waals surface area contributed by atoms with Gasteiger partial charge in [0.15, 0.2) is 0 Å². The van der Waals surface area contributed by atoms with Gasteiger partial charge in [-0.1, -0.05) is 13.2 Å². The monoisotopic (exact) mass is 388 g/mol. The first-order chi connectivity index (χ1) is 12.4. The highest BCUT2D eigenvalue weighted by Gasteiger charge is 2.15. The van der Waals surface area contributed by atoms with Crippen molar-refractivity contribution in [3.05, 3.63) is 79.2 Å². The van der Waals surface area contributed by atoms with E-state index >= 15 is 0 Å². The topological polar surface area (TPSA) is 60.4 Å². The lowest BCUT2D eigenvalue weighted by Gasteiger charge is -2.07. The molecule has 0 aromatic heterocycles. The molecular weight excluding hydrogens is 375 g/mol. The van der Waals surface area contributed by atoms with Crippen LogP contribution in [0.4, 0.5) is 4.39 Å². The van der Waals surface area contributed by atoms with E-state index in [0.717, 1.165) is 35.7 Å². The molecule has 2 aromatic rings. The number of ether oxygens (including phenoxy) is 1. The van der Waals surface area contributed by atoms with Crippen molar-refractivity contribution in [2.24, 2.45) is 0 Å². The van der Waals surface area contributed by atoms with Crippen molar-refractivity contribution in [1.29, 1.82) is 0 Å². The van der Waals surface area contributed by atoms with E-state index in [1.54, 1.807) is 12.1 Å². The van der Waals surface area contributed by atoms with E-state index in [-0.39, 0.29) is 21.5 Å². The van der Waals surface area contributed by atoms with Crippen LogP contribution in [0.3, 0.4) is 0 Å². The lowest BCUT2D eigenvalue weighted by atomic mass is 10.2. The molecule has 0 fully saturated rings. The summed E-state index contributed by atoms with van der Waals surface area (Å²) in [5.41, 5.74) is -0.249. The number of carbonyl (C=O) groups excluding carboxylic acids is 3.